The van der Waals surface area contributed by atoms with Crippen molar-refractivity contribution in [3.8, 4) is 0 Å². The van der Waals surface area contributed by atoms with E-state index in [1.165, 1.54) is 11.3 Å². The van der Waals surface area contributed by atoms with Crippen molar-refractivity contribution in [1.29, 1.82) is 0 Å². The first kappa shape index (κ1) is 15.1. The Kier molecular flexibility index (Phi) is 6.24. The number of hydrogen-bond acceptors (Lipinski definition) is 5. The van der Waals surface area contributed by atoms with Gasteiger partial charge in [-0.2, -0.15) is 0 Å². The van der Waals surface area contributed by atoms with Crippen molar-refractivity contribution in [3.05, 3.63) is 27.1 Å². The van der Waals surface area contributed by atoms with Gasteiger partial charge < -0.3 is 10.1 Å². The molecule has 0 aliphatic carbocycles. The summed E-state index contributed by atoms with van der Waals surface area (Å²) in [5.74, 6) is 0.464. The van der Waals surface area contributed by atoms with Crippen LogP contribution in [0.25, 0.3) is 0 Å². The van der Waals surface area contributed by atoms with Crippen molar-refractivity contribution in [1.82, 2.24) is 5.32 Å². The quantitative estimate of drug-likeness (QED) is 0.584. The van der Waals surface area contributed by atoms with Crippen LogP contribution in [0.3, 0.4) is 0 Å². The highest BCUT2D eigenvalue weighted by Gasteiger charge is 2.14. The number of nitrogens with zero attached hydrogens (tertiary/aromatic N) is 1. The number of thiophene rings is 1. The van der Waals surface area contributed by atoms with Crippen LogP contribution in [0.2, 0.25) is 0 Å². The molecule has 1 rings (SSSR count). The molecule has 0 bridgehead atoms. The molecule has 18 heavy (non-hydrogen) atoms. The van der Waals surface area contributed by atoms with Gasteiger partial charge in [-0.15, -0.1) is 0 Å². The van der Waals surface area contributed by atoms with E-state index in [0.29, 0.717) is 25.7 Å². The molecule has 102 valence electrons. The Balaban J connectivity index is 2.47. The maximum Gasteiger partial charge on any atom is 0.324 e. The van der Waals surface area contributed by atoms with Gasteiger partial charge in [-0.25, -0.2) is 0 Å². The molecule has 1 heterocycles. The summed E-state index contributed by atoms with van der Waals surface area (Å²) in [7, 11) is 0. The number of nitrogens with one attached hydrogen (secondary N) is 1. The van der Waals surface area contributed by atoms with Crippen LogP contribution in [0, 0.1) is 16.0 Å². The van der Waals surface area contributed by atoms with Gasteiger partial charge in [0.1, 0.15) is 0 Å². The van der Waals surface area contributed by atoms with Crippen LogP contribution in [0.5, 0.6) is 0 Å². The van der Waals surface area contributed by atoms with Crippen molar-refractivity contribution in [2.75, 3.05) is 13.2 Å². The molecule has 0 aliphatic heterocycles. The van der Waals surface area contributed by atoms with E-state index < -0.39 is 0 Å². The first-order valence-corrected chi connectivity index (χ1v) is 6.90. The maximum atomic E-state index is 10.6. The van der Waals surface area contributed by atoms with E-state index in [1.54, 1.807) is 12.1 Å². The Morgan fingerprint density at radius 1 is 1.50 bits per heavy atom. The second-order valence-electron chi connectivity index (χ2n) is 4.39. The average molecular weight is 272 g/mol. The van der Waals surface area contributed by atoms with Gasteiger partial charge in [0.2, 0.25) is 0 Å². The standard InChI is InChI=1S/C12H20N2O3S/c1-4-17-8-11(9(2)3)13-7-10-5-6-12(18-10)14(15)16/h5-6,9,11,13H,4,7-8H2,1-3H3. The van der Waals surface area contributed by atoms with Crippen LogP contribution < -0.4 is 5.32 Å². The second-order valence-corrected chi connectivity index (χ2v) is 5.53. The Labute approximate surface area is 111 Å². The molecule has 0 aromatic carbocycles. The van der Waals surface area contributed by atoms with E-state index in [4.69, 9.17) is 4.74 Å². The van der Waals surface area contributed by atoms with Gasteiger partial charge in [-0.3, -0.25) is 10.1 Å². The van der Waals surface area contributed by atoms with E-state index in [1.807, 2.05) is 6.92 Å². The zero-order chi connectivity index (χ0) is 13.5. The predicted molar refractivity (Wildman–Crippen MR) is 72.9 cm³/mol. The lowest BCUT2D eigenvalue weighted by molar-refractivity contribution is -0.380. The molecule has 0 saturated heterocycles. The molecule has 0 aliphatic rings. The van der Waals surface area contributed by atoms with Gasteiger partial charge in [0.05, 0.1) is 11.5 Å². The summed E-state index contributed by atoms with van der Waals surface area (Å²) in [6, 6.07) is 3.62. The zero-order valence-corrected chi connectivity index (χ0v) is 11.8. The largest absolute Gasteiger partial charge is 0.380 e. The summed E-state index contributed by atoms with van der Waals surface area (Å²) in [6.45, 7) is 8.26. The van der Waals surface area contributed by atoms with E-state index in [9.17, 15) is 10.1 Å². The third-order valence-corrected chi connectivity index (χ3v) is 3.71. The molecule has 1 unspecified atom stereocenters. The summed E-state index contributed by atoms with van der Waals surface area (Å²) in [5, 5.41) is 14.2. The molecule has 5 nitrogen and oxygen atoms in total. The molecule has 0 spiro atoms. The van der Waals surface area contributed by atoms with Crippen LogP contribution in [0.4, 0.5) is 5.00 Å². The zero-order valence-electron chi connectivity index (χ0n) is 11.0. The van der Waals surface area contributed by atoms with Crippen LogP contribution >= 0.6 is 11.3 Å². The van der Waals surface area contributed by atoms with Crippen molar-refractivity contribution < 1.29 is 9.66 Å². The number of hydrogen-bond donors (Lipinski definition) is 1. The van der Waals surface area contributed by atoms with Gasteiger partial charge in [0.25, 0.3) is 0 Å². The molecule has 1 aromatic rings. The van der Waals surface area contributed by atoms with Crippen molar-refractivity contribution in [2.45, 2.75) is 33.4 Å². The molecule has 6 heteroatoms. The Bertz CT molecular complexity index is 379. The highest BCUT2D eigenvalue weighted by Crippen LogP contribution is 2.23. The predicted octanol–water partition coefficient (Wildman–Crippen LogP) is 2.81. The van der Waals surface area contributed by atoms with Gasteiger partial charge in [-0.1, -0.05) is 25.2 Å². The van der Waals surface area contributed by atoms with Crippen molar-refractivity contribution in [2.24, 2.45) is 5.92 Å². The van der Waals surface area contributed by atoms with E-state index >= 15 is 0 Å². The third-order valence-electron chi connectivity index (χ3n) is 2.67. The fourth-order valence-corrected chi connectivity index (χ4v) is 2.29. The van der Waals surface area contributed by atoms with Crippen LogP contribution in [0.15, 0.2) is 12.1 Å². The first-order chi connectivity index (χ1) is 8.54. The van der Waals surface area contributed by atoms with Crippen molar-refractivity contribution in [3.63, 3.8) is 0 Å². The normalized spacial score (nSPS) is 12.9. The highest BCUT2D eigenvalue weighted by molar-refractivity contribution is 7.15. The molecular weight excluding hydrogens is 252 g/mol. The fraction of sp³-hybridized carbons (Fsp3) is 0.667. The van der Waals surface area contributed by atoms with E-state index in [-0.39, 0.29) is 16.0 Å². The van der Waals surface area contributed by atoms with E-state index in [2.05, 4.69) is 19.2 Å². The maximum absolute atomic E-state index is 10.6. The summed E-state index contributed by atoms with van der Waals surface area (Å²) in [5.41, 5.74) is 0. The monoisotopic (exact) mass is 272 g/mol. The molecule has 1 N–H and O–H groups in total. The number of nitro groups is 1. The molecular formula is C12H20N2O3S. The minimum Gasteiger partial charge on any atom is -0.380 e. The minimum absolute atomic E-state index is 0.192. The Hall–Kier alpha value is -0.980. The highest BCUT2D eigenvalue weighted by atomic mass is 32.1. The van der Waals surface area contributed by atoms with Gasteiger partial charge in [0.15, 0.2) is 0 Å². The Morgan fingerprint density at radius 2 is 2.22 bits per heavy atom. The average Bonchev–Trinajstić information content (AvgIpc) is 2.77. The lowest BCUT2D eigenvalue weighted by atomic mass is 10.1. The number of ether oxygens (including phenoxy) is 1. The SMILES string of the molecule is CCOCC(NCc1ccc([N+](=O)[O-])s1)C(C)C. The third kappa shape index (κ3) is 4.72. The van der Waals surface area contributed by atoms with Crippen LogP contribution in [0.1, 0.15) is 25.6 Å². The Morgan fingerprint density at radius 3 is 2.72 bits per heavy atom. The second kappa shape index (κ2) is 7.45. The first-order valence-electron chi connectivity index (χ1n) is 6.08. The van der Waals surface area contributed by atoms with Gasteiger partial charge >= 0.3 is 5.00 Å². The summed E-state index contributed by atoms with van der Waals surface area (Å²) < 4.78 is 5.42. The molecule has 0 amide bonds. The molecule has 0 saturated carbocycles. The molecule has 1 aromatic heterocycles. The molecule has 0 fully saturated rings. The molecule has 1 atom stereocenters. The minimum atomic E-state index is -0.353. The summed E-state index contributed by atoms with van der Waals surface area (Å²) >= 11 is 1.22. The lowest BCUT2D eigenvalue weighted by Gasteiger charge is -2.21. The summed E-state index contributed by atoms with van der Waals surface area (Å²) in [6.07, 6.45) is 0. The van der Waals surface area contributed by atoms with Crippen LogP contribution in [-0.4, -0.2) is 24.2 Å². The van der Waals surface area contributed by atoms with Crippen LogP contribution in [-0.2, 0) is 11.3 Å². The van der Waals surface area contributed by atoms with Crippen molar-refractivity contribution >= 4 is 16.3 Å². The summed E-state index contributed by atoms with van der Waals surface area (Å²) in [4.78, 5) is 11.2. The lowest BCUT2D eigenvalue weighted by Crippen LogP contribution is -2.37. The molecule has 0 radical (unpaired) electrons. The van der Waals surface area contributed by atoms with E-state index in [0.717, 1.165) is 4.88 Å². The topological polar surface area (TPSA) is 64.4 Å². The fourth-order valence-electron chi connectivity index (χ4n) is 1.52. The van der Waals surface area contributed by atoms with Gasteiger partial charge in [-0.05, 0) is 18.9 Å². The number of rotatable bonds is 8. The smallest absolute Gasteiger partial charge is 0.324 e. The van der Waals surface area contributed by atoms with Gasteiger partial charge in [0, 0.05) is 30.1 Å².